The standard InChI is InChI=1S/C16H13ClN2O/c17-14-7-8-16(19-15(14)10-18)20-13-6-5-11-3-1-2-4-12(11)9-13/h1-9H,10,18H2. The second kappa shape index (κ2) is 5.49. The first-order valence-electron chi connectivity index (χ1n) is 6.28. The van der Waals surface area contributed by atoms with Crippen molar-refractivity contribution in [3.8, 4) is 11.6 Å². The van der Waals surface area contributed by atoms with E-state index in [9.17, 15) is 0 Å². The molecule has 0 atom stereocenters. The van der Waals surface area contributed by atoms with Crippen LogP contribution in [0.3, 0.4) is 0 Å². The van der Waals surface area contributed by atoms with Crippen molar-refractivity contribution >= 4 is 22.4 Å². The van der Waals surface area contributed by atoms with E-state index < -0.39 is 0 Å². The van der Waals surface area contributed by atoms with E-state index in [-0.39, 0.29) is 6.54 Å². The Labute approximate surface area is 122 Å². The minimum Gasteiger partial charge on any atom is -0.439 e. The summed E-state index contributed by atoms with van der Waals surface area (Å²) in [5.41, 5.74) is 6.21. The van der Waals surface area contributed by atoms with Crippen molar-refractivity contribution in [1.82, 2.24) is 4.98 Å². The molecule has 0 aliphatic carbocycles. The summed E-state index contributed by atoms with van der Waals surface area (Å²) in [6, 6.07) is 17.5. The summed E-state index contributed by atoms with van der Waals surface area (Å²) in [7, 11) is 0. The van der Waals surface area contributed by atoms with Gasteiger partial charge < -0.3 is 10.5 Å². The second-order valence-corrected chi connectivity index (χ2v) is 4.80. The Hall–Kier alpha value is -2.10. The van der Waals surface area contributed by atoms with E-state index in [1.54, 1.807) is 12.1 Å². The molecule has 1 heterocycles. The van der Waals surface area contributed by atoms with E-state index in [0.717, 1.165) is 11.1 Å². The minimum absolute atomic E-state index is 0.285. The lowest BCUT2D eigenvalue weighted by molar-refractivity contribution is 0.461. The van der Waals surface area contributed by atoms with Gasteiger partial charge in [-0.3, -0.25) is 0 Å². The molecule has 0 fully saturated rings. The topological polar surface area (TPSA) is 48.1 Å². The summed E-state index contributed by atoms with van der Waals surface area (Å²) < 4.78 is 5.76. The van der Waals surface area contributed by atoms with Gasteiger partial charge in [0, 0.05) is 12.6 Å². The fraction of sp³-hybridized carbons (Fsp3) is 0.0625. The number of nitrogens with two attached hydrogens (primary N) is 1. The first kappa shape index (κ1) is 12.9. The van der Waals surface area contributed by atoms with Crippen molar-refractivity contribution < 1.29 is 4.74 Å². The number of hydrogen-bond donors (Lipinski definition) is 1. The maximum atomic E-state index is 5.98. The number of rotatable bonds is 3. The molecular weight excluding hydrogens is 272 g/mol. The third-order valence-electron chi connectivity index (χ3n) is 3.03. The van der Waals surface area contributed by atoms with Crippen LogP contribution in [0.1, 0.15) is 5.69 Å². The van der Waals surface area contributed by atoms with Crippen LogP contribution in [0.25, 0.3) is 10.8 Å². The van der Waals surface area contributed by atoms with Crippen LogP contribution in [0.4, 0.5) is 0 Å². The third-order valence-corrected chi connectivity index (χ3v) is 3.37. The maximum Gasteiger partial charge on any atom is 0.219 e. The predicted octanol–water partition coefficient (Wildman–Crippen LogP) is 4.14. The van der Waals surface area contributed by atoms with Gasteiger partial charge in [0.25, 0.3) is 0 Å². The van der Waals surface area contributed by atoms with Gasteiger partial charge in [0.15, 0.2) is 0 Å². The molecule has 3 aromatic rings. The van der Waals surface area contributed by atoms with Crippen molar-refractivity contribution in [2.24, 2.45) is 5.73 Å². The van der Waals surface area contributed by atoms with Crippen LogP contribution in [-0.4, -0.2) is 4.98 Å². The summed E-state index contributed by atoms with van der Waals surface area (Å²) >= 11 is 5.98. The molecule has 0 saturated heterocycles. The monoisotopic (exact) mass is 284 g/mol. The molecule has 3 rings (SSSR count). The lowest BCUT2D eigenvalue weighted by Gasteiger charge is -2.08. The Morgan fingerprint density at radius 3 is 2.60 bits per heavy atom. The normalized spacial score (nSPS) is 10.7. The Morgan fingerprint density at radius 2 is 1.80 bits per heavy atom. The highest BCUT2D eigenvalue weighted by Crippen LogP contribution is 2.26. The Balaban J connectivity index is 1.92. The van der Waals surface area contributed by atoms with Gasteiger partial charge in [-0.25, -0.2) is 4.98 Å². The second-order valence-electron chi connectivity index (χ2n) is 4.39. The maximum absolute atomic E-state index is 5.98. The van der Waals surface area contributed by atoms with Gasteiger partial charge in [0.2, 0.25) is 5.88 Å². The Bertz CT molecular complexity index is 758. The zero-order chi connectivity index (χ0) is 13.9. The molecule has 2 aromatic carbocycles. The van der Waals surface area contributed by atoms with Crippen molar-refractivity contribution in [1.29, 1.82) is 0 Å². The zero-order valence-corrected chi connectivity index (χ0v) is 11.5. The summed E-state index contributed by atoms with van der Waals surface area (Å²) in [5.74, 6) is 1.23. The molecule has 0 saturated carbocycles. The number of aromatic nitrogens is 1. The van der Waals surface area contributed by atoms with E-state index >= 15 is 0 Å². The molecule has 2 N–H and O–H groups in total. The van der Waals surface area contributed by atoms with Gasteiger partial charge in [0.1, 0.15) is 5.75 Å². The molecule has 4 heteroatoms. The van der Waals surface area contributed by atoms with Crippen LogP contribution in [0.2, 0.25) is 5.02 Å². The number of pyridine rings is 1. The van der Waals surface area contributed by atoms with Crippen LogP contribution in [0.5, 0.6) is 11.6 Å². The molecule has 3 nitrogen and oxygen atoms in total. The van der Waals surface area contributed by atoms with Gasteiger partial charge in [-0.15, -0.1) is 0 Å². The van der Waals surface area contributed by atoms with Crippen LogP contribution in [0.15, 0.2) is 54.6 Å². The molecule has 1 aromatic heterocycles. The molecule has 100 valence electrons. The lowest BCUT2D eigenvalue weighted by atomic mass is 10.1. The first-order chi connectivity index (χ1) is 9.76. The van der Waals surface area contributed by atoms with Crippen LogP contribution in [0, 0.1) is 0 Å². The predicted molar refractivity (Wildman–Crippen MR) is 81.2 cm³/mol. The zero-order valence-electron chi connectivity index (χ0n) is 10.7. The van der Waals surface area contributed by atoms with E-state index in [0.29, 0.717) is 16.6 Å². The molecule has 0 amide bonds. The van der Waals surface area contributed by atoms with E-state index in [2.05, 4.69) is 11.1 Å². The number of benzene rings is 2. The number of nitrogens with zero attached hydrogens (tertiary/aromatic N) is 1. The number of hydrogen-bond acceptors (Lipinski definition) is 3. The summed E-state index contributed by atoms with van der Waals surface area (Å²) in [5, 5.41) is 2.85. The molecule has 20 heavy (non-hydrogen) atoms. The van der Waals surface area contributed by atoms with E-state index in [1.165, 1.54) is 5.39 Å². The Morgan fingerprint density at radius 1 is 1.00 bits per heavy atom. The Kier molecular flexibility index (Phi) is 3.54. The van der Waals surface area contributed by atoms with E-state index in [1.807, 2.05) is 36.4 Å². The average Bonchev–Trinajstić information content (AvgIpc) is 2.49. The number of ether oxygens (including phenoxy) is 1. The van der Waals surface area contributed by atoms with Gasteiger partial charge >= 0.3 is 0 Å². The smallest absolute Gasteiger partial charge is 0.219 e. The first-order valence-corrected chi connectivity index (χ1v) is 6.66. The van der Waals surface area contributed by atoms with Gasteiger partial charge in [-0.2, -0.15) is 0 Å². The molecule has 0 aliphatic heterocycles. The van der Waals surface area contributed by atoms with Crippen molar-refractivity contribution in [2.45, 2.75) is 6.54 Å². The number of halogens is 1. The molecule has 0 unspecified atom stereocenters. The fourth-order valence-electron chi connectivity index (χ4n) is 2.02. The molecule has 0 aliphatic rings. The quantitative estimate of drug-likeness (QED) is 0.786. The van der Waals surface area contributed by atoms with Crippen LogP contribution >= 0.6 is 11.6 Å². The highest BCUT2D eigenvalue weighted by molar-refractivity contribution is 6.31. The summed E-state index contributed by atoms with van der Waals surface area (Å²) in [6.45, 7) is 0.285. The molecular formula is C16H13ClN2O. The van der Waals surface area contributed by atoms with Gasteiger partial charge in [-0.1, -0.05) is 41.9 Å². The summed E-state index contributed by atoms with van der Waals surface area (Å²) in [6.07, 6.45) is 0. The third kappa shape index (κ3) is 2.59. The lowest BCUT2D eigenvalue weighted by Crippen LogP contribution is -2.01. The van der Waals surface area contributed by atoms with Crippen molar-refractivity contribution in [3.63, 3.8) is 0 Å². The SMILES string of the molecule is NCc1nc(Oc2ccc3ccccc3c2)ccc1Cl. The highest BCUT2D eigenvalue weighted by atomic mass is 35.5. The number of fused-ring (bicyclic) bond motifs is 1. The molecule has 0 bridgehead atoms. The van der Waals surface area contributed by atoms with Crippen LogP contribution < -0.4 is 10.5 Å². The molecule has 0 radical (unpaired) electrons. The van der Waals surface area contributed by atoms with E-state index in [4.69, 9.17) is 22.1 Å². The van der Waals surface area contributed by atoms with Gasteiger partial charge in [-0.05, 0) is 29.0 Å². The van der Waals surface area contributed by atoms with Gasteiger partial charge in [0.05, 0.1) is 10.7 Å². The average molecular weight is 285 g/mol. The largest absolute Gasteiger partial charge is 0.439 e. The molecule has 0 spiro atoms. The summed E-state index contributed by atoms with van der Waals surface area (Å²) in [4.78, 5) is 4.29. The van der Waals surface area contributed by atoms with Crippen molar-refractivity contribution in [2.75, 3.05) is 0 Å². The highest BCUT2D eigenvalue weighted by Gasteiger charge is 2.05. The van der Waals surface area contributed by atoms with Crippen molar-refractivity contribution in [3.05, 3.63) is 65.3 Å². The minimum atomic E-state index is 0.285. The van der Waals surface area contributed by atoms with Crippen LogP contribution in [-0.2, 0) is 6.54 Å². The fourth-order valence-corrected chi connectivity index (χ4v) is 2.20.